The summed E-state index contributed by atoms with van der Waals surface area (Å²) in [6.07, 6.45) is 3.59. The first kappa shape index (κ1) is 11.7. The van der Waals surface area contributed by atoms with Gasteiger partial charge in [0.1, 0.15) is 6.04 Å². The fourth-order valence-electron chi connectivity index (χ4n) is 1.77. The molecule has 2 rings (SSSR count). The standard InChI is InChI=1S/C13H16N4/c1-9-7-15-13(16-8-9)12(17-14)11-6-4-3-5-10(11)2/h3-8,12,17H,14H2,1-2H3. The van der Waals surface area contributed by atoms with Gasteiger partial charge in [-0.1, -0.05) is 24.3 Å². The van der Waals surface area contributed by atoms with E-state index in [-0.39, 0.29) is 6.04 Å². The Morgan fingerprint density at radius 3 is 2.35 bits per heavy atom. The minimum absolute atomic E-state index is 0.170. The van der Waals surface area contributed by atoms with Crippen LogP contribution in [0.25, 0.3) is 0 Å². The van der Waals surface area contributed by atoms with Crippen molar-refractivity contribution in [3.8, 4) is 0 Å². The summed E-state index contributed by atoms with van der Waals surface area (Å²) < 4.78 is 0. The molecule has 0 aliphatic carbocycles. The van der Waals surface area contributed by atoms with E-state index in [1.165, 1.54) is 5.56 Å². The Morgan fingerprint density at radius 1 is 1.12 bits per heavy atom. The van der Waals surface area contributed by atoms with E-state index >= 15 is 0 Å². The summed E-state index contributed by atoms with van der Waals surface area (Å²) in [6, 6.07) is 7.90. The van der Waals surface area contributed by atoms with Crippen LogP contribution in [0.4, 0.5) is 0 Å². The molecule has 1 unspecified atom stereocenters. The molecule has 1 atom stereocenters. The summed E-state index contributed by atoms with van der Waals surface area (Å²) in [7, 11) is 0. The summed E-state index contributed by atoms with van der Waals surface area (Å²) in [4.78, 5) is 8.63. The Morgan fingerprint density at radius 2 is 1.76 bits per heavy atom. The number of nitrogens with one attached hydrogen (secondary N) is 1. The number of aryl methyl sites for hydroxylation is 2. The van der Waals surface area contributed by atoms with Crippen molar-refractivity contribution in [2.75, 3.05) is 0 Å². The third kappa shape index (κ3) is 2.49. The van der Waals surface area contributed by atoms with E-state index in [9.17, 15) is 0 Å². The number of hydrazine groups is 1. The molecule has 88 valence electrons. The molecule has 0 aliphatic heterocycles. The first-order valence-electron chi connectivity index (χ1n) is 5.52. The SMILES string of the molecule is Cc1cnc(C(NN)c2ccccc2C)nc1. The smallest absolute Gasteiger partial charge is 0.150 e. The number of rotatable bonds is 3. The maximum absolute atomic E-state index is 5.61. The highest BCUT2D eigenvalue weighted by molar-refractivity contribution is 5.32. The monoisotopic (exact) mass is 228 g/mol. The highest BCUT2D eigenvalue weighted by Crippen LogP contribution is 2.21. The molecule has 0 bridgehead atoms. The molecule has 4 heteroatoms. The van der Waals surface area contributed by atoms with Gasteiger partial charge in [0.05, 0.1) is 0 Å². The molecule has 0 amide bonds. The fourth-order valence-corrected chi connectivity index (χ4v) is 1.77. The zero-order chi connectivity index (χ0) is 12.3. The summed E-state index contributed by atoms with van der Waals surface area (Å²) in [5.41, 5.74) is 6.07. The van der Waals surface area contributed by atoms with E-state index in [1.807, 2.05) is 38.1 Å². The first-order valence-corrected chi connectivity index (χ1v) is 5.52. The van der Waals surface area contributed by atoms with Crippen molar-refractivity contribution >= 4 is 0 Å². The Bertz CT molecular complexity index is 493. The molecular weight excluding hydrogens is 212 g/mol. The molecule has 1 heterocycles. The first-order chi connectivity index (χ1) is 8.22. The molecule has 0 spiro atoms. The van der Waals surface area contributed by atoms with Gasteiger partial charge in [0.15, 0.2) is 5.82 Å². The number of benzene rings is 1. The maximum atomic E-state index is 5.61. The lowest BCUT2D eigenvalue weighted by Crippen LogP contribution is -2.30. The van der Waals surface area contributed by atoms with Gasteiger partial charge in [0.2, 0.25) is 0 Å². The lowest BCUT2D eigenvalue weighted by molar-refractivity contribution is 0.598. The van der Waals surface area contributed by atoms with Crippen LogP contribution < -0.4 is 11.3 Å². The second-order valence-corrected chi connectivity index (χ2v) is 4.07. The summed E-state index contributed by atoms with van der Waals surface area (Å²) >= 11 is 0. The molecule has 2 aromatic rings. The van der Waals surface area contributed by atoms with Gasteiger partial charge in [-0.3, -0.25) is 5.84 Å². The minimum atomic E-state index is -0.170. The molecule has 1 aromatic heterocycles. The van der Waals surface area contributed by atoms with Crippen LogP contribution in [0.2, 0.25) is 0 Å². The molecule has 17 heavy (non-hydrogen) atoms. The van der Waals surface area contributed by atoms with E-state index in [2.05, 4.69) is 15.4 Å². The van der Waals surface area contributed by atoms with Crippen LogP contribution in [0.3, 0.4) is 0 Å². The van der Waals surface area contributed by atoms with Crippen molar-refractivity contribution in [3.63, 3.8) is 0 Å². The van der Waals surface area contributed by atoms with Crippen LogP contribution >= 0.6 is 0 Å². The highest BCUT2D eigenvalue weighted by Gasteiger charge is 2.16. The van der Waals surface area contributed by atoms with Crippen molar-refractivity contribution in [2.24, 2.45) is 5.84 Å². The minimum Gasteiger partial charge on any atom is -0.270 e. The van der Waals surface area contributed by atoms with E-state index in [0.717, 1.165) is 11.1 Å². The molecule has 1 aromatic carbocycles. The quantitative estimate of drug-likeness (QED) is 0.619. The highest BCUT2D eigenvalue weighted by atomic mass is 15.2. The molecule has 0 fully saturated rings. The van der Waals surface area contributed by atoms with Crippen molar-refractivity contribution in [1.29, 1.82) is 0 Å². The predicted octanol–water partition coefficient (Wildman–Crippen LogP) is 1.65. The summed E-state index contributed by atoms with van der Waals surface area (Å²) in [6.45, 7) is 4.01. The van der Waals surface area contributed by atoms with E-state index in [0.29, 0.717) is 5.82 Å². The Kier molecular flexibility index (Phi) is 3.46. The van der Waals surface area contributed by atoms with Gasteiger partial charge in [-0.2, -0.15) is 0 Å². The van der Waals surface area contributed by atoms with Crippen molar-refractivity contribution in [1.82, 2.24) is 15.4 Å². The van der Waals surface area contributed by atoms with E-state index in [4.69, 9.17) is 5.84 Å². The van der Waals surface area contributed by atoms with Crippen molar-refractivity contribution < 1.29 is 0 Å². The topological polar surface area (TPSA) is 63.8 Å². The third-order valence-electron chi connectivity index (χ3n) is 2.73. The van der Waals surface area contributed by atoms with Crippen LogP contribution in [-0.4, -0.2) is 9.97 Å². The van der Waals surface area contributed by atoms with Gasteiger partial charge in [-0.05, 0) is 30.5 Å². The van der Waals surface area contributed by atoms with Crippen LogP contribution in [0.5, 0.6) is 0 Å². The Hall–Kier alpha value is -1.78. The largest absolute Gasteiger partial charge is 0.270 e. The lowest BCUT2D eigenvalue weighted by Gasteiger charge is -2.16. The number of nitrogens with zero attached hydrogens (tertiary/aromatic N) is 2. The zero-order valence-corrected chi connectivity index (χ0v) is 10.0. The van der Waals surface area contributed by atoms with Gasteiger partial charge < -0.3 is 0 Å². The molecule has 0 saturated heterocycles. The van der Waals surface area contributed by atoms with Crippen LogP contribution in [0.1, 0.15) is 28.6 Å². The van der Waals surface area contributed by atoms with E-state index < -0.39 is 0 Å². The maximum Gasteiger partial charge on any atom is 0.150 e. The molecule has 0 saturated carbocycles. The molecule has 4 nitrogen and oxygen atoms in total. The van der Waals surface area contributed by atoms with Gasteiger partial charge in [-0.15, -0.1) is 0 Å². The average Bonchev–Trinajstić information content (AvgIpc) is 2.35. The molecule has 0 aliphatic rings. The second-order valence-electron chi connectivity index (χ2n) is 4.07. The Balaban J connectivity index is 2.40. The van der Waals surface area contributed by atoms with Gasteiger partial charge in [-0.25, -0.2) is 15.4 Å². The number of nitrogens with two attached hydrogens (primary N) is 1. The summed E-state index contributed by atoms with van der Waals surface area (Å²) in [5.74, 6) is 6.30. The van der Waals surface area contributed by atoms with Crippen molar-refractivity contribution in [2.45, 2.75) is 19.9 Å². The number of hydrogen-bond acceptors (Lipinski definition) is 4. The Labute approximate surface area is 101 Å². The van der Waals surface area contributed by atoms with Gasteiger partial charge in [0.25, 0.3) is 0 Å². The fraction of sp³-hybridized carbons (Fsp3) is 0.231. The average molecular weight is 228 g/mol. The lowest BCUT2D eigenvalue weighted by atomic mass is 10.0. The third-order valence-corrected chi connectivity index (χ3v) is 2.73. The van der Waals surface area contributed by atoms with E-state index in [1.54, 1.807) is 12.4 Å². The summed E-state index contributed by atoms with van der Waals surface area (Å²) in [5, 5.41) is 0. The van der Waals surface area contributed by atoms with Gasteiger partial charge in [0, 0.05) is 12.4 Å². The second kappa shape index (κ2) is 5.03. The van der Waals surface area contributed by atoms with Crippen LogP contribution in [0, 0.1) is 13.8 Å². The van der Waals surface area contributed by atoms with Gasteiger partial charge >= 0.3 is 0 Å². The molecule has 3 N–H and O–H groups in total. The predicted molar refractivity (Wildman–Crippen MR) is 67.1 cm³/mol. The zero-order valence-electron chi connectivity index (χ0n) is 10.0. The van der Waals surface area contributed by atoms with Crippen LogP contribution in [-0.2, 0) is 0 Å². The van der Waals surface area contributed by atoms with Crippen molar-refractivity contribution in [3.05, 3.63) is 59.2 Å². The number of aromatic nitrogens is 2. The normalized spacial score (nSPS) is 12.4. The molecule has 0 radical (unpaired) electrons. The van der Waals surface area contributed by atoms with Crippen LogP contribution in [0.15, 0.2) is 36.7 Å². The molecular formula is C13H16N4. The number of hydrogen-bond donors (Lipinski definition) is 2.